The highest BCUT2D eigenvalue weighted by molar-refractivity contribution is 5.84. The SMILES string of the molecule is CCC(CC)N(CCOC)c1nc(NC)nc2nc[nH]c12. The topological polar surface area (TPSA) is 79.0 Å². The lowest BCUT2D eigenvalue weighted by Crippen LogP contribution is -2.38. The van der Waals surface area contributed by atoms with E-state index in [4.69, 9.17) is 4.74 Å². The Labute approximate surface area is 125 Å². The van der Waals surface area contributed by atoms with E-state index in [-0.39, 0.29) is 0 Å². The van der Waals surface area contributed by atoms with Gasteiger partial charge in [-0.25, -0.2) is 4.98 Å². The van der Waals surface area contributed by atoms with Gasteiger partial charge in [-0.1, -0.05) is 13.8 Å². The van der Waals surface area contributed by atoms with Crippen molar-refractivity contribution in [3.05, 3.63) is 6.33 Å². The van der Waals surface area contributed by atoms with E-state index >= 15 is 0 Å². The van der Waals surface area contributed by atoms with E-state index in [1.54, 1.807) is 13.4 Å². The zero-order valence-electron chi connectivity index (χ0n) is 13.2. The monoisotopic (exact) mass is 292 g/mol. The summed E-state index contributed by atoms with van der Waals surface area (Å²) in [7, 11) is 3.53. The van der Waals surface area contributed by atoms with E-state index in [1.807, 2.05) is 7.05 Å². The summed E-state index contributed by atoms with van der Waals surface area (Å²) in [6.45, 7) is 5.83. The molecule has 0 atom stereocenters. The number of hydrogen-bond acceptors (Lipinski definition) is 6. The molecule has 0 aromatic carbocycles. The number of aromatic amines is 1. The number of H-pyrrole nitrogens is 1. The van der Waals surface area contributed by atoms with Crippen molar-refractivity contribution in [1.82, 2.24) is 19.9 Å². The number of fused-ring (bicyclic) bond motifs is 1. The van der Waals surface area contributed by atoms with Crippen LogP contribution in [0.5, 0.6) is 0 Å². The van der Waals surface area contributed by atoms with E-state index in [2.05, 4.69) is 44.0 Å². The summed E-state index contributed by atoms with van der Waals surface area (Å²) in [6, 6.07) is 0.409. The van der Waals surface area contributed by atoms with E-state index in [9.17, 15) is 0 Å². The number of anilines is 2. The molecule has 2 aromatic heterocycles. The Morgan fingerprint density at radius 1 is 1.33 bits per heavy atom. The second kappa shape index (κ2) is 7.21. The van der Waals surface area contributed by atoms with Gasteiger partial charge in [-0.05, 0) is 12.8 Å². The van der Waals surface area contributed by atoms with Crippen molar-refractivity contribution in [3.63, 3.8) is 0 Å². The molecule has 0 aliphatic rings. The number of imidazole rings is 1. The highest BCUT2D eigenvalue weighted by Gasteiger charge is 2.21. The summed E-state index contributed by atoms with van der Waals surface area (Å²) in [4.78, 5) is 18.7. The van der Waals surface area contributed by atoms with Crippen LogP contribution in [0.1, 0.15) is 26.7 Å². The zero-order valence-corrected chi connectivity index (χ0v) is 13.2. The normalized spacial score (nSPS) is 11.3. The fourth-order valence-electron chi connectivity index (χ4n) is 2.52. The van der Waals surface area contributed by atoms with Crippen LogP contribution in [-0.2, 0) is 4.74 Å². The average molecular weight is 292 g/mol. The van der Waals surface area contributed by atoms with Gasteiger partial charge in [-0.2, -0.15) is 9.97 Å². The van der Waals surface area contributed by atoms with Gasteiger partial charge in [0.15, 0.2) is 11.5 Å². The van der Waals surface area contributed by atoms with Gasteiger partial charge < -0.3 is 19.9 Å². The standard InChI is InChI=1S/C14H24N6O/c1-5-10(6-2)20(7-8-21-4)13-11-12(17-9-16-11)18-14(15-3)19-13/h9-10H,5-8H2,1-4H3,(H2,15,16,17,18,19). The fraction of sp³-hybridized carbons (Fsp3) is 0.643. The molecule has 2 aromatic rings. The van der Waals surface area contributed by atoms with Crippen LogP contribution in [0.2, 0.25) is 0 Å². The van der Waals surface area contributed by atoms with Gasteiger partial charge in [0.1, 0.15) is 5.52 Å². The minimum atomic E-state index is 0.409. The maximum atomic E-state index is 5.26. The molecular weight excluding hydrogens is 268 g/mol. The molecule has 0 saturated heterocycles. The number of rotatable bonds is 8. The molecular formula is C14H24N6O. The number of aromatic nitrogens is 4. The Morgan fingerprint density at radius 3 is 2.71 bits per heavy atom. The Hall–Kier alpha value is -1.89. The summed E-state index contributed by atoms with van der Waals surface area (Å²) >= 11 is 0. The van der Waals surface area contributed by atoms with Crippen molar-refractivity contribution in [1.29, 1.82) is 0 Å². The minimum Gasteiger partial charge on any atom is -0.383 e. The lowest BCUT2D eigenvalue weighted by Gasteiger charge is -2.31. The largest absolute Gasteiger partial charge is 0.383 e. The number of hydrogen-bond donors (Lipinski definition) is 2. The highest BCUT2D eigenvalue weighted by atomic mass is 16.5. The second-order valence-corrected chi connectivity index (χ2v) is 4.88. The van der Waals surface area contributed by atoms with Gasteiger partial charge >= 0.3 is 0 Å². The third-order valence-electron chi connectivity index (χ3n) is 3.68. The smallest absolute Gasteiger partial charge is 0.226 e. The molecule has 0 saturated carbocycles. The van der Waals surface area contributed by atoms with Gasteiger partial charge in [0.05, 0.1) is 12.9 Å². The third-order valence-corrected chi connectivity index (χ3v) is 3.68. The van der Waals surface area contributed by atoms with Crippen LogP contribution in [0.25, 0.3) is 11.2 Å². The van der Waals surface area contributed by atoms with Crippen molar-refractivity contribution in [2.75, 3.05) is 37.5 Å². The van der Waals surface area contributed by atoms with Crippen LogP contribution in [-0.4, -0.2) is 53.3 Å². The lowest BCUT2D eigenvalue weighted by molar-refractivity contribution is 0.202. The highest BCUT2D eigenvalue weighted by Crippen LogP contribution is 2.26. The first-order chi connectivity index (χ1) is 10.2. The van der Waals surface area contributed by atoms with E-state index in [1.165, 1.54) is 0 Å². The molecule has 2 N–H and O–H groups in total. The first-order valence-corrected chi connectivity index (χ1v) is 7.39. The predicted octanol–water partition coefficient (Wildman–Crippen LogP) is 2.04. The molecule has 0 amide bonds. The van der Waals surface area contributed by atoms with Crippen molar-refractivity contribution >= 4 is 22.9 Å². The summed E-state index contributed by atoms with van der Waals surface area (Å²) in [6.07, 6.45) is 3.76. The van der Waals surface area contributed by atoms with Crippen LogP contribution in [0.4, 0.5) is 11.8 Å². The number of ether oxygens (including phenoxy) is 1. The molecule has 0 aliphatic carbocycles. The number of nitrogens with one attached hydrogen (secondary N) is 2. The molecule has 21 heavy (non-hydrogen) atoms. The maximum Gasteiger partial charge on any atom is 0.226 e. The van der Waals surface area contributed by atoms with Gasteiger partial charge in [-0.3, -0.25) is 0 Å². The number of nitrogens with zero attached hydrogens (tertiary/aromatic N) is 4. The molecule has 7 nitrogen and oxygen atoms in total. The lowest BCUT2D eigenvalue weighted by atomic mass is 10.1. The maximum absolute atomic E-state index is 5.26. The summed E-state index contributed by atoms with van der Waals surface area (Å²) in [5.41, 5.74) is 1.55. The Balaban J connectivity index is 2.48. The molecule has 0 spiro atoms. The van der Waals surface area contributed by atoms with E-state index in [0.29, 0.717) is 24.2 Å². The predicted molar refractivity (Wildman–Crippen MR) is 84.8 cm³/mol. The second-order valence-electron chi connectivity index (χ2n) is 4.88. The fourth-order valence-corrected chi connectivity index (χ4v) is 2.52. The van der Waals surface area contributed by atoms with Crippen LogP contribution in [0, 0.1) is 0 Å². The van der Waals surface area contributed by atoms with Gasteiger partial charge in [0.2, 0.25) is 5.95 Å². The van der Waals surface area contributed by atoms with Gasteiger partial charge in [0.25, 0.3) is 0 Å². The molecule has 0 bridgehead atoms. The van der Waals surface area contributed by atoms with Crippen LogP contribution in [0.3, 0.4) is 0 Å². The van der Waals surface area contributed by atoms with Gasteiger partial charge in [0, 0.05) is 26.7 Å². The van der Waals surface area contributed by atoms with E-state index in [0.717, 1.165) is 30.7 Å². The molecule has 0 fully saturated rings. The summed E-state index contributed by atoms with van der Waals surface area (Å²) in [5, 5.41) is 3.00. The molecule has 7 heteroatoms. The van der Waals surface area contributed by atoms with Gasteiger partial charge in [-0.15, -0.1) is 0 Å². The van der Waals surface area contributed by atoms with Crippen molar-refractivity contribution < 1.29 is 4.74 Å². The van der Waals surface area contributed by atoms with Crippen LogP contribution in [0.15, 0.2) is 6.33 Å². The molecule has 2 rings (SSSR count). The van der Waals surface area contributed by atoms with Crippen molar-refractivity contribution in [2.24, 2.45) is 0 Å². The average Bonchev–Trinajstić information content (AvgIpc) is 2.99. The first kappa shape index (κ1) is 15.5. The van der Waals surface area contributed by atoms with Crippen molar-refractivity contribution in [3.8, 4) is 0 Å². The molecule has 0 radical (unpaired) electrons. The summed E-state index contributed by atoms with van der Waals surface area (Å²) < 4.78 is 5.26. The third kappa shape index (κ3) is 3.24. The Kier molecular flexibility index (Phi) is 5.32. The first-order valence-electron chi connectivity index (χ1n) is 7.39. The summed E-state index contributed by atoms with van der Waals surface area (Å²) in [5.74, 6) is 1.46. The molecule has 116 valence electrons. The molecule has 0 unspecified atom stereocenters. The molecule has 2 heterocycles. The number of methoxy groups -OCH3 is 1. The van der Waals surface area contributed by atoms with E-state index < -0.39 is 0 Å². The minimum absolute atomic E-state index is 0.409. The quantitative estimate of drug-likeness (QED) is 0.775. The molecule has 0 aliphatic heterocycles. The van der Waals surface area contributed by atoms with Crippen molar-refractivity contribution in [2.45, 2.75) is 32.7 Å². The van der Waals surface area contributed by atoms with Crippen LogP contribution < -0.4 is 10.2 Å². The Morgan fingerprint density at radius 2 is 2.10 bits per heavy atom. The Bertz CT molecular complexity index is 566. The van der Waals surface area contributed by atoms with Crippen LogP contribution >= 0.6 is 0 Å². The zero-order chi connectivity index (χ0) is 15.2.